The van der Waals surface area contributed by atoms with Crippen LogP contribution < -0.4 is 10.6 Å². The van der Waals surface area contributed by atoms with Gasteiger partial charge < -0.3 is 15.7 Å². The van der Waals surface area contributed by atoms with Crippen LogP contribution in [0.4, 0.5) is 4.79 Å². The second-order valence-electron chi connectivity index (χ2n) is 5.84. The Morgan fingerprint density at radius 2 is 2.14 bits per heavy atom. The van der Waals surface area contributed by atoms with E-state index in [9.17, 15) is 4.79 Å². The third-order valence-electron chi connectivity index (χ3n) is 4.19. The molecule has 1 aromatic rings. The summed E-state index contributed by atoms with van der Waals surface area (Å²) in [4.78, 5) is 14.1. The monoisotopic (exact) mass is 305 g/mol. The van der Waals surface area contributed by atoms with Crippen LogP contribution in [-0.2, 0) is 13.0 Å². The minimum atomic E-state index is -0.190. The number of rotatable bonds is 7. The van der Waals surface area contributed by atoms with Crippen LogP contribution >= 0.6 is 0 Å². The van der Waals surface area contributed by atoms with Crippen molar-refractivity contribution in [2.24, 2.45) is 0 Å². The van der Waals surface area contributed by atoms with E-state index in [1.165, 1.54) is 11.1 Å². The van der Waals surface area contributed by atoms with Gasteiger partial charge in [-0.05, 0) is 30.4 Å². The predicted octanol–water partition coefficient (Wildman–Crippen LogP) is 1.50. The van der Waals surface area contributed by atoms with Crippen molar-refractivity contribution in [2.45, 2.75) is 38.8 Å². The first kappa shape index (κ1) is 16.8. The summed E-state index contributed by atoms with van der Waals surface area (Å²) >= 11 is 0. The number of amides is 2. The molecule has 22 heavy (non-hydrogen) atoms. The van der Waals surface area contributed by atoms with Crippen molar-refractivity contribution < 1.29 is 9.90 Å². The van der Waals surface area contributed by atoms with Gasteiger partial charge in [0.15, 0.2) is 0 Å². The molecule has 3 N–H and O–H groups in total. The number of nitrogens with one attached hydrogen (secondary N) is 2. The van der Waals surface area contributed by atoms with E-state index in [4.69, 9.17) is 5.11 Å². The summed E-state index contributed by atoms with van der Waals surface area (Å²) in [5.41, 5.74) is 2.89. The minimum Gasteiger partial charge on any atom is -0.394 e. The number of urea groups is 1. The van der Waals surface area contributed by atoms with Gasteiger partial charge in [-0.15, -0.1) is 0 Å². The molecule has 2 rings (SSSR count). The lowest BCUT2D eigenvalue weighted by Crippen LogP contribution is -2.44. The molecular weight excluding hydrogens is 278 g/mol. The van der Waals surface area contributed by atoms with Gasteiger partial charge in [0.05, 0.1) is 12.6 Å². The van der Waals surface area contributed by atoms with E-state index in [0.717, 1.165) is 38.9 Å². The third kappa shape index (κ3) is 5.00. The Morgan fingerprint density at radius 3 is 2.86 bits per heavy atom. The van der Waals surface area contributed by atoms with E-state index >= 15 is 0 Å². The average molecular weight is 305 g/mol. The van der Waals surface area contributed by atoms with Gasteiger partial charge in [-0.25, -0.2) is 4.79 Å². The fourth-order valence-corrected chi connectivity index (χ4v) is 2.76. The fraction of sp³-hybridized carbons (Fsp3) is 0.588. The maximum Gasteiger partial charge on any atom is 0.315 e. The molecule has 2 amide bonds. The number of carbonyl (C=O) groups is 1. The van der Waals surface area contributed by atoms with E-state index < -0.39 is 0 Å². The SMILES string of the molecule is CCC(CO)NC(=O)NCCCN1CCc2ccccc2C1. The molecule has 1 aliphatic heterocycles. The Kier molecular flexibility index (Phi) is 6.68. The average Bonchev–Trinajstić information content (AvgIpc) is 2.56. The highest BCUT2D eigenvalue weighted by Crippen LogP contribution is 2.18. The van der Waals surface area contributed by atoms with Crippen molar-refractivity contribution >= 4 is 6.03 Å². The zero-order valence-electron chi connectivity index (χ0n) is 13.3. The van der Waals surface area contributed by atoms with Gasteiger partial charge in [-0.1, -0.05) is 31.2 Å². The lowest BCUT2D eigenvalue weighted by atomic mass is 10.00. The molecule has 122 valence electrons. The molecule has 5 nitrogen and oxygen atoms in total. The van der Waals surface area contributed by atoms with E-state index in [0.29, 0.717) is 6.54 Å². The van der Waals surface area contributed by atoms with Crippen LogP contribution in [0.3, 0.4) is 0 Å². The molecule has 0 radical (unpaired) electrons. The topological polar surface area (TPSA) is 64.6 Å². The van der Waals surface area contributed by atoms with E-state index in [2.05, 4.69) is 39.8 Å². The number of nitrogens with zero attached hydrogens (tertiary/aromatic N) is 1. The molecular formula is C17H27N3O2. The number of benzene rings is 1. The van der Waals surface area contributed by atoms with Gasteiger partial charge in [-0.2, -0.15) is 0 Å². The van der Waals surface area contributed by atoms with Crippen LogP contribution in [-0.4, -0.2) is 48.3 Å². The van der Waals surface area contributed by atoms with Gasteiger partial charge in [0, 0.05) is 26.2 Å². The van der Waals surface area contributed by atoms with Crippen LogP contribution in [0.5, 0.6) is 0 Å². The number of hydrogen-bond donors (Lipinski definition) is 3. The van der Waals surface area contributed by atoms with Gasteiger partial charge in [0.2, 0.25) is 0 Å². The van der Waals surface area contributed by atoms with E-state index in [1.807, 2.05) is 6.92 Å². The number of hydrogen-bond acceptors (Lipinski definition) is 3. The van der Waals surface area contributed by atoms with Gasteiger partial charge in [0.1, 0.15) is 0 Å². The molecule has 0 saturated heterocycles. The van der Waals surface area contributed by atoms with E-state index in [1.54, 1.807) is 0 Å². The molecule has 0 aromatic heterocycles. The van der Waals surface area contributed by atoms with Crippen LogP contribution in [0.1, 0.15) is 30.9 Å². The van der Waals surface area contributed by atoms with Gasteiger partial charge >= 0.3 is 6.03 Å². The molecule has 1 heterocycles. The second kappa shape index (κ2) is 8.76. The van der Waals surface area contributed by atoms with Gasteiger partial charge in [0.25, 0.3) is 0 Å². The van der Waals surface area contributed by atoms with Crippen LogP contribution in [0.2, 0.25) is 0 Å². The Balaban J connectivity index is 1.63. The summed E-state index contributed by atoms with van der Waals surface area (Å²) in [6, 6.07) is 8.27. The number of aliphatic hydroxyl groups is 1. The molecule has 0 saturated carbocycles. The highest BCUT2D eigenvalue weighted by molar-refractivity contribution is 5.74. The Labute approximate surface area is 132 Å². The predicted molar refractivity (Wildman–Crippen MR) is 87.7 cm³/mol. The van der Waals surface area contributed by atoms with Crippen LogP contribution in [0.25, 0.3) is 0 Å². The standard InChI is InChI=1S/C17H27N3O2/c1-2-16(13-21)19-17(22)18-9-5-10-20-11-8-14-6-3-4-7-15(14)12-20/h3-4,6-7,16,21H,2,5,8-13H2,1H3,(H2,18,19,22). The van der Waals surface area contributed by atoms with Crippen molar-refractivity contribution in [1.29, 1.82) is 0 Å². The maximum absolute atomic E-state index is 11.6. The molecule has 0 aliphatic carbocycles. The summed E-state index contributed by atoms with van der Waals surface area (Å²) in [5, 5.41) is 14.7. The quantitative estimate of drug-likeness (QED) is 0.669. The zero-order valence-corrected chi connectivity index (χ0v) is 13.3. The number of fused-ring (bicyclic) bond motifs is 1. The molecule has 1 atom stereocenters. The van der Waals surface area contributed by atoms with Crippen molar-refractivity contribution in [3.05, 3.63) is 35.4 Å². The summed E-state index contributed by atoms with van der Waals surface area (Å²) in [6.45, 7) is 5.67. The van der Waals surface area contributed by atoms with E-state index in [-0.39, 0.29) is 18.7 Å². The molecule has 1 unspecified atom stereocenters. The third-order valence-corrected chi connectivity index (χ3v) is 4.19. The molecule has 1 aromatic carbocycles. The van der Waals surface area contributed by atoms with Crippen LogP contribution in [0, 0.1) is 0 Å². The second-order valence-corrected chi connectivity index (χ2v) is 5.84. The van der Waals surface area contributed by atoms with Crippen molar-refractivity contribution in [1.82, 2.24) is 15.5 Å². The summed E-state index contributed by atoms with van der Waals surface area (Å²) in [7, 11) is 0. The molecule has 0 spiro atoms. The lowest BCUT2D eigenvalue weighted by Gasteiger charge is -2.28. The first-order valence-corrected chi connectivity index (χ1v) is 8.17. The highest BCUT2D eigenvalue weighted by atomic mass is 16.3. The molecule has 5 heteroatoms. The largest absolute Gasteiger partial charge is 0.394 e. The molecule has 0 fully saturated rings. The maximum atomic E-state index is 11.6. The van der Waals surface area contributed by atoms with Crippen molar-refractivity contribution in [2.75, 3.05) is 26.2 Å². The zero-order chi connectivity index (χ0) is 15.8. The molecule has 1 aliphatic rings. The Bertz CT molecular complexity index is 475. The summed E-state index contributed by atoms with van der Waals surface area (Å²) in [6.07, 6.45) is 2.78. The van der Waals surface area contributed by atoms with Crippen LogP contribution in [0.15, 0.2) is 24.3 Å². The van der Waals surface area contributed by atoms with Crippen molar-refractivity contribution in [3.8, 4) is 0 Å². The summed E-state index contributed by atoms with van der Waals surface area (Å²) in [5.74, 6) is 0. The fourth-order valence-electron chi connectivity index (χ4n) is 2.76. The Morgan fingerprint density at radius 1 is 1.36 bits per heavy atom. The minimum absolute atomic E-state index is 0.0168. The number of carbonyl (C=O) groups excluding carboxylic acids is 1. The number of aliphatic hydroxyl groups excluding tert-OH is 1. The lowest BCUT2D eigenvalue weighted by molar-refractivity contribution is 0.213. The summed E-state index contributed by atoms with van der Waals surface area (Å²) < 4.78 is 0. The first-order valence-electron chi connectivity index (χ1n) is 8.17. The highest BCUT2D eigenvalue weighted by Gasteiger charge is 2.15. The normalized spacial score (nSPS) is 15.9. The first-order chi connectivity index (χ1) is 10.7. The Hall–Kier alpha value is -1.59. The smallest absolute Gasteiger partial charge is 0.315 e. The van der Waals surface area contributed by atoms with Crippen molar-refractivity contribution in [3.63, 3.8) is 0 Å². The molecule has 0 bridgehead atoms. The van der Waals surface area contributed by atoms with Gasteiger partial charge in [-0.3, -0.25) is 4.90 Å².